The van der Waals surface area contributed by atoms with E-state index in [1.54, 1.807) is 38.1 Å². The Morgan fingerprint density at radius 3 is 2.33 bits per heavy atom. The average Bonchev–Trinajstić information content (AvgIpc) is 2.66. The number of hydrogen-bond donors (Lipinski definition) is 2. The Labute approximate surface area is 162 Å². The van der Waals surface area contributed by atoms with Crippen molar-refractivity contribution in [1.29, 1.82) is 0 Å². The van der Waals surface area contributed by atoms with E-state index in [1.165, 1.54) is 11.8 Å². The molecule has 0 unspecified atom stereocenters. The summed E-state index contributed by atoms with van der Waals surface area (Å²) >= 11 is 1.23. The van der Waals surface area contributed by atoms with Crippen molar-refractivity contribution < 1.29 is 19.1 Å². The van der Waals surface area contributed by atoms with Gasteiger partial charge in [0.25, 0.3) is 5.91 Å². The number of esters is 1. The van der Waals surface area contributed by atoms with Gasteiger partial charge < -0.3 is 15.8 Å². The Morgan fingerprint density at radius 1 is 1.04 bits per heavy atom. The lowest BCUT2D eigenvalue weighted by atomic mass is 9.85. The first kappa shape index (κ1) is 20.5. The molecule has 0 heterocycles. The first-order chi connectivity index (χ1) is 12.8. The lowest BCUT2D eigenvalue weighted by Gasteiger charge is -2.23. The molecule has 0 saturated carbocycles. The van der Waals surface area contributed by atoms with Gasteiger partial charge >= 0.3 is 5.97 Å². The molecular formula is C20H22N2O4S. The number of carbonyl (C=O) groups is 3. The molecule has 0 radical (unpaired) electrons. The van der Waals surface area contributed by atoms with Crippen LogP contribution in [0.4, 0.5) is 5.69 Å². The fourth-order valence-corrected chi connectivity index (χ4v) is 3.06. The number of primary amides is 1. The number of para-hydroxylation sites is 1. The zero-order chi connectivity index (χ0) is 19.9. The second-order valence-electron chi connectivity index (χ2n) is 6.37. The highest BCUT2D eigenvalue weighted by atomic mass is 32.2. The van der Waals surface area contributed by atoms with Crippen molar-refractivity contribution in [2.24, 2.45) is 5.73 Å². The minimum Gasteiger partial charge on any atom is -0.455 e. The SMILES string of the molecule is CC(C)(C(=O)OCC(=O)Nc1ccccc1SCC(N)=O)c1ccccc1. The van der Waals surface area contributed by atoms with Gasteiger partial charge in [-0.2, -0.15) is 0 Å². The zero-order valence-electron chi connectivity index (χ0n) is 15.2. The van der Waals surface area contributed by atoms with Crippen molar-refractivity contribution in [3.8, 4) is 0 Å². The maximum absolute atomic E-state index is 12.4. The first-order valence-electron chi connectivity index (χ1n) is 8.33. The molecule has 0 aliphatic carbocycles. The maximum atomic E-state index is 12.4. The van der Waals surface area contributed by atoms with Crippen LogP contribution in [0.3, 0.4) is 0 Å². The summed E-state index contributed by atoms with van der Waals surface area (Å²) in [6.45, 7) is 3.10. The number of nitrogens with two attached hydrogens (primary N) is 1. The van der Waals surface area contributed by atoms with Crippen molar-refractivity contribution in [2.75, 3.05) is 17.7 Å². The van der Waals surface area contributed by atoms with Crippen LogP contribution in [0.25, 0.3) is 0 Å². The van der Waals surface area contributed by atoms with Gasteiger partial charge in [-0.25, -0.2) is 0 Å². The van der Waals surface area contributed by atoms with Gasteiger partial charge in [-0.05, 0) is 31.5 Å². The predicted molar refractivity (Wildman–Crippen MR) is 105 cm³/mol. The molecule has 0 spiro atoms. The fourth-order valence-electron chi connectivity index (χ4n) is 2.32. The lowest BCUT2D eigenvalue weighted by Crippen LogP contribution is -2.33. The normalized spacial score (nSPS) is 10.9. The number of hydrogen-bond acceptors (Lipinski definition) is 5. The van der Waals surface area contributed by atoms with Crippen molar-refractivity contribution >= 4 is 35.2 Å². The summed E-state index contributed by atoms with van der Waals surface area (Å²) in [5, 5.41) is 2.69. The molecule has 27 heavy (non-hydrogen) atoms. The minimum atomic E-state index is -0.864. The Hall–Kier alpha value is -2.80. The van der Waals surface area contributed by atoms with Gasteiger partial charge in [-0.15, -0.1) is 11.8 Å². The summed E-state index contributed by atoms with van der Waals surface area (Å²) in [7, 11) is 0. The van der Waals surface area contributed by atoms with Gasteiger partial charge in [0.05, 0.1) is 16.9 Å². The molecule has 142 valence electrons. The van der Waals surface area contributed by atoms with Crippen molar-refractivity contribution in [3.63, 3.8) is 0 Å². The Bertz CT molecular complexity index is 822. The molecular weight excluding hydrogens is 364 g/mol. The Morgan fingerprint density at radius 2 is 1.67 bits per heavy atom. The molecule has 6 nitrogen and oxygen atoms in total. The molecule has 0 atom stereocenters. The van der Waals surface area contributed by atoms with Crippen LogP contribution in [0.1, 0.15) is 19.4 Å². The predicted octanol–water partition coefficient (Wildman–Crippen LogP) is 2.72. The monoisotopic (exact) mass is 386 g/mol. The molecule has 0 aliphatic heterocycles. The third-order valence-corrected chi connectivity index (χ3v) is 4.97. The van der Waals surface area contributed by atoms with E-state index >= 15 is 0 Å². The summed E-state index contributed by atoms with van der Waals surface area (Å²) < 4.78 is 5.20. The van der Waals surface area contributed by atoms with E-state index in [9.17, 15) is 14.4 Å². The molecule has 2 aromatic carbocycles. The molecule has 2 amide bonds. The number of ether oxygens (including phenoxy) is 1. The van der Waals surface area contributed by atoms with Crippen LogP contribution < -0.4 is 11.1 Å². The van der Waals surface area contributed by atoms with E-state index in [1.807, 2.05) is 30.3 Å². The highest BCUT2D eigenvalue weighted by Gasteiger charge is 2.31. The van der Waals surface area contributed by atoms with Gasteiger partial charge in [0.15, 0.2) is 6.61 Å². The van der Waals surface area contributed by atoms with Gasteiger partial charge in [0.1, 0.15) is 0 Å². The third-order valence-electron chi connectivity index (χ3n) is 3.87. The van der Waals surface area contributed by atoms with Crippen molar-refractivity contribution in [1.82, 2.24) is 0 Å². The van der Waals surface area contributed by atoms with E-state index in [0.29, 0.717) is 10.6 Å². The molecule has 2 rings (SSSR count). The number of amides is 2. The summed E-state index contributed by atoms with van der Waals surface area (Å²) in [5.41, 5.74) is 5.64. The molecule has 7 heteroatoms. The van der Waals surface area contributed by atoms with E-state index in [4.69, 9.17) is 10.5 Å². The largest absolute Gasteiger partial charge is 0.455 e. The zero-order valence-corrected chi connectivity index (χ0v) is 16.0. The van der Waals surface area contributed by atoms with Crippen molar-refractivity contribution in [3.05, 3.63) is 60.2 Å². The second kappa shape index (κ2) is 9.23. The van der Waals surface area contributed by atoms with Gasteiger partial charge in [0, 0.05) is 4.90 Å². The maximum Gasteiger partial charge on any atom is 0.316 e. The van der Waals surface area contributed by atoms with E-state index < -0.39 is 29.8 Å². The molecule has 0 bridgehead atoms. The lowest BCUT2D eigenvalue weighted by molar-refractivity contribution is -0.152. The topological polar surface area (TPSA) is 98.5 Å². The minimum absolute atomic E-state index is 0.104. The van der Waals surface area contributed by atoms with Crippen LogP contribution in [0.2, 0.25) is 0 Å². The van der Waals surface area contributed by atoms with Crippen LogP contribution in [0, 0.1) is 0 Å². The number of benzene rings is 2. The standard InChI is InChI=1S/C20H22N2O4S/c1-20(2,14-8-4-3-5-9-14)19(25)26-12-18(24)22-15-10-6-7-11-16(15)27-13-17(21)23/h3-11H,12-13H2,1-2H3,(H2,21,23)(H,22,24). The fraction of sp³-hybridized carbons (Fsp3) is 0.250. The first-order valence-corrected chi connectivity index (χ1v) is 9.32. The quantitative estimate of drug-likeness (QED) is 0.537. The molecule has 0 aromatic heterocycles. The van der Waals surface area contributed by atoms with Crippen LogP contribution in [-0.4, -0.2) is 30.1 Å². The number of anilines is 1. The van der Waals surface area contributed by atoms with Gasteiger partial charge in [0.2, 0.25) is 5.91 Å². The number of nitrogens with one attached hydrogen (secondary N) is 1. The van der Waals surface area contributed by atoms with E-state index in [0.717, 1.165) is 5.56 Å². The molecule has 0 aliphatic rings. The summed E-state index contributed by atoms with van der Waals surface area (Å²) in [6.07, 6.45) is 0. The highest BCUT2D eigenvalue weighted by Crippen LogP contribution is 2.27. The Kier molecular flexibility index (Phi) is 7.01. The van der Waals surface area contributed by atoms with Crippen molar-refractivity contribution in [2.45, 2.75) is 24.2 Å². The molecule has 0 fully saturated rings. The van der Waals surface area contributed by atoms with Crippen LogP contribution >= 0.6 is 11.8 Å². The summed E-state index contributed by atoms with van der Waals surface area (Å²) in [6, 6.07) is 16.3. The molecule has 3 N–H and O–H groups in total. The van der Waals surface area contributed by atoms with E-state index in [2.05, 4.69) is 5.32 Å². The van der Waals surface area contributed by atoms with Crippen LogP contribution in [0.5, 0.6) is 0 Å². The Balaban J connectivity index is 1.95. The van der Waals surface area contributed by atoms with Gasteiger partial charge in [-0.3, -0.25) is 14.4 Å². The number of carbonyl (C=O) groups excluding carboxylic acids is 3. The molecule has 0 saturated heterocycles. The van der Waals surface area contributed by atoms with Crippen LogP contribution in [-0.2, 0) is 24.5 Å². The summed E-state index contributed by atoms with van der Waals surface area (Å²) in [4.78, 5) is 36.3. The highest BCUT2D eigenvalue weighted by molar-refractivity contribution is 8.00. The number of thioether (sulfide) groups is 1. The number of rotatable bonds is 8. The van der Waals surface area contributed by atoms with Crippen LogP contribution in [0.15, 0.2) is 59.5 Å². The third kappa shape index (κ3) is 5.86. The average molecular weight is 386 g/mol. The summed E-state index contributed by atoms with van der Waals surface area (Å²) in [5.74, 6) is -1.29. The van der Waals surface area contributed by atoms with Gasteiger partial charge in [-0.1, -0.05) is 42.5 Å². The second-order valence-corrected chi connectivity index (χ2v) is 7.38. The smallest absolute Gasteiger partial charge is 0.316 e. The van der Waals surface area contributed by atoms with E-state index in [-0.39, 0.29) is 5.75 Å². The molecule has 2 aromatic rings.